The zero-order valence-electron chi connectivity index (χ0n) is 13.5. The van der Waals surface area contributed by atoms with Crippen LogP contribution in [0.3, 0.4) is 0 Å². The summed E-state index contributed by atoms with van der Waals surface area (Å²) in [5.74, 6) is 0.682. The molecule has 0 bridgehead atoms. The molecule has 0 saturated heterocycles. The summed E-state index contributed by atoms with van der Waals surface area (Å²) in [6.45, 7) is 7.59. The summed E-state index contributed by atoms with van der Waals surface area (Å²) in [7, 11) is -2.92. The van der Waals surface area contributed by atoms with Crippen molar-refractivity contribution in [2.45, 2.75) is 51.2 Å². The minimum absolute atomic E-state index is 0.272. The van der Waals surface area contributed by atoms with E-state index < -0.39 is 9.84 Å². The summed E-state index contributed by atoms with van der Waals surface area (Å²) in [5.41, 5.74) is 1.29. The van der Waals surface area contributed by atoms with Gasteiger partial charge < -0.3 is 5.32 Å². The van der Waals surface area contributed by atoms with Crippen molar-refractivity contribution in [1.29, 1.82) is 0 Å². The molecule has 21 heavy (non-hydrogen) atoms. The standard InChI is InChI=1S/C17H29NO2S/c1-4-12-18-14-17(16-9-6-5-7-10-16)11-8-13-21(19,20)15(2)3/h5-7,9-10,15,17-18H,4,8,11-14H2,1-3H3. The summed E-state index contributed by atoms with van der Waals surface area (Å²) in [6.07, 6.45) is 2.75. The molecule has 1 aromatic carbocycles. The Labute approximate surface area is 130 Å². The van der Waals surface area contributed by atoms with E-state index in [-0.39, 0.29) is 5.25 Å². The maximum atomic E-state index is 11.9. The zero-order chi connectivity index (χ0) is 15.7. The van der Waals surface area contributed by atoms with Crippen LogP contribution in [-0.4, -0.2) is 32.5 Å². The van der Waals surface area contributed by atoms with Crippen molar-refractivity contribution in [3.63, 3.8) is 0 Å². The van der Waals surface area contributed by atoms with E-state index in [1.54, 1.807) is 13.8 Å². The van der Waals surface area contributed by atoms with E-state index in [1.807, 2.05) is 18.2 Å². The van der Waals surface area contributed by atoms with Gasteiger partial charge in [0.1, 0.15) is 0 Å². The normalized spacial score (nSPS) is 13.5. The van der Waals surface area contributed by atoms with Crippen LogP contribution in [0.2, 0.25) is 0 Å². The highest BCUT2D eigenvalue weighted by Crippen LogP contribution is 2.21. The molecule has 0 spiro atoms. The van der Waals surface area contributed by atoms with Crippen LogP contribution < -0.4 is 5.32 Å². The largest absolute Gasteiger partial charge is 0.316 e. The van der Waals surface area contributed by atoms with E-state index in [4.69, 9.17) is 0 Å². The van der Waals surface area contributed by atoms with Crippen molar-refractivity contribution < 1.29 is 8.42 Å². The first-order valence-electron chi connectivity index (χ1n) is 7.94. The molecule has 1 aromatic rings. The Hall–Kier alpha value is -0.870. The van der Waals surface area contributed by atoms with Crippen molar-refractivity contribution in [2.24, 2.45) is 0 Å². The summed E-state index contributed by atoms with van der Waals surface area (Å²) in [5, 5.41) is 3.18. The lowest BCUT2D eigenvalue weighted by Crippen LogP contribution is -2.23. The van der Waals surface area contributed by atoms with Gasteiger partial charge in [0.15, 0.2) is 9.84 Å². The average Bonchev–Trinajstić information content (AvgIpc) is 2.46. The number of hydrogen-bond donors (Lipinski definition) is 1. The molecule has 0 heterocycles. The number of rotatable bonds is 10. The van der Waals surface area contributed by atoms with Gasteiger partial charge in [0, 0.05) is 6.54 Å². The molecule has 1 atom stereocenters. The maximum absolute atomic E-state index is 11.9. The summed E-state index contributed by atoms with van der Waals surface area (Å²) < 4.78 is 23.8. The van der Waals surface area contributed by atoms with Gasteiger partial charge >= 0.3 is 0 Å². The quantitative estimate of drug-likeness (QED) is 0.674. The molecular weight excluding hydrogens is 282 g/mol. The van der Waals surface area contributed by atoms with Crippen molar-refractivity contribution in [2.75, 3.05) is 18.8 Å². The Morgan fingerprint density at radius 3 is 2.38 bits per heavy atom. The highest BCUT2D eigenvalue weighted by molar-refractivity contribution is 7.91. The lowest BCUT2D eigenvalue weighted by atomic mass is 9.94. The van der Waals surface area contributed by atoms with Crippen molar-refractivity contribution >= 4 is 9.84 Å². The Morgan fingerprint density at radius 1 is 1.14 bits per heavy atom. The molecule has 0 aliphatic heterocycles. The Morgan fingerprint density at radius 2 is 1.81 bits per heavy atom. The Bertz CT molecular complexity index is 483. The molecule has 0 saturated carbocycles. The third-order valence-electron chi connectivity index (χ3n) is 3.79. The fourth-order valence-corrected chi connectivity index (χ4v) is 3.37. The molecule has 0 amide bonds. The lowest BCUT2D eigenvalue weighted by Gasteiger charge is -2.18. The van der Waals surface area contributed by atoms with Gasteiger partial charge in [0.2, 0.25) is 0 Å². The third kappa shape index (κ3) is 6.62. The number of hydrogen-bond acceptors (Lipinski definition) is 3. The molecule has 120 valence electrons. The first-order chi connectivity index (χ1) is 9.97. The fraction of sp³-hybridized carbons (Fsp3) is 0.647. The third-order valence-corrected chi connectivity index (χ3v) is 6.08. The van der Waals surface area contributed by atoms with Crippen molar-refractivity contribution in [3.8, 4) is 0 Å². The second kappa shape index (κ2) is 9.21. The molecule has 0 aromatic heterocycles. The minimum atomic E-state index is -2.92. The minimum Gasteiger partial charge on any atom is -0.316 e. The van der Waals surface area contributed by atoms with E-state index >= 15 is 0 Å². The molecule has 1 N–H and O–H groups in total. The molecule has 4 heteroatoms. The van der Waals surface area contributed by atoms with Crippen LogP contribution in [0, 0.1) is 0 Å². The van der Waals surface area contributed by atoms with E-state index in [0.717, 1.165) is 32.4 Å². The van der Waals surface area contributed by atoms with Crippen molar-refractivity contribution in [3.05, 3.63) is 35.9 Å². The number of benzene rings is 1. The van der Waals surface area contributed by atoms with E-state index in [9.17, 15) is 8.42 Å². The smallest absolute Gasteiger partial charge is 0.152 e. The predicted octanol–water partition coefficient (Wildman–Crippen LogP) is 3.37. The van der Waals surface area contributed by atoms with Crippen LogP contribution in [0.15, 0.2) is 30.3 Å². The van der Waals surface area contributed by atoms with Gasteiger partial charge in [-0.3, -0.25) is 0 Å². The van der Waals surface area contributed by atoms with Gasteiger partial charge in [0.05, 0.1) is 11.0 Å². The van der Waals surface area contributed by atoms with Crippen LogP contribution >= 0.6 is 0 Å². The second-order valence-electron chi connectivity index (χ2n) is 5.87. The molecule has 0 aliphatic carbocycles. The molecule has 0 aliphatic rings. The Kier molecular flexibility index (Phi) is 7.97. The highest BCUT2D eigenvalue weighted by Gasteiger charge is 2.17. The van der Waals surface area contributed by atoms with Gasteiger partial charge in [-0.15, -0.1) is 0 Å². The van der Waals surface area contributed by atoms with E-state index in [1.165, 1.54) is 5.56 Å². The van der Waals surface area contributed by atoms with Crippen LogP contribution in [0.1, 0.15) is 51.5 Å². The molecular formula is C17H29NO2S. The van der Waals surface area contributed by atoms with Gasteiger partial charge in [-0.25, -0.2) is 8.42 Å². The predicted molar refractivity (Wildman–Crippen MR) is 90.5 cm³/mol. The monoisotopic (exact) mass is 311 g/mol. The average molecular weight is 311 g/mol. The van der Waals surface area contributed by atoms with Gasteiger partial charge in [0.25, 0.3) is 0 Å². The molecule has 3 nitrogen and oxygen atoms in total. The van der Waals surface area contributed by atoms with Crippen LogP contribution in [0.25, 0.3) is 0 Å². The summed E-state index contributed by atoms with van der Waals surface area (Å²) in [6, 6.07) is 10.4. The molecule has 1 unspecified atom stereocenters. The summed E-state index contributed by atoms with van der Waals surface area (Å²) in [4.78, 5) is 0. The van der Waals surface area contributed by atoms with Crippen molar-refractivity contribution in [1.82, 2.24) is 5.32 Å². The second-order valence-corrected chi connectivity index (χ2v) is 8.55. The lowest BCUT2D eigenvalue weighted by molar-refractivity contribution is 0.536. The molecule has 1 rings (SSSR count). The van der Waals surface area contributed by atoms with E-state index in [0.29, 0.717) is 11.7 Å². The van der Waals surface area contributed by atoms with Gasteiger partial charge in [-0.2, -0.15) is 0 Å². The van der Waals surface area contributed by atoms with Crippen LogP contribution in [-0.2, 0) is 9.84 Å². The SMILES string of the molecule is CCCNCC(CCCS(=O)(=O)C(C)C)c1ccccc1. The first kappa shape index (κ1) is 18.2. The highest BCUT2D eigenvalue weighted by atomic mass is 32.2. The summed E-state index contributed by atoms with van der Waals surface area (Å²) >= 11 is 0. The van der Waals surface area contributed by atoms with Crippen LogP contribution in [0.5, 0.6) is 0 Å². The number of nitrogens with one attached hydrogen (secondary N) is 1. The fourth-order valence-electron chi connectivity index (χ4n) is 2.33. The Balaban J connectivity index is 2.58. The molecule has 0 radical (unpaired) electrons. The van der Waals surface area contributed by atoms with E-state index in [2.05, 4.69) is 24.4 Å². The van der Waals surface area contributed by atoms with Gasteiger partial charge in [-0.05, 0) is 51.1 Å². The van der Waals surface area contributed by atoms with Gasteiger partial charge in [-0.1, -0.05) is 37.3 Å². The molecule has 0 fully saturated rings. The maximum Gasteiger partial charge on any atom is 0.152 e. The topological polar surface area (TPSA) is 46.2 Å². The number of sulfone groups is 1. The zero-order valence-corrected chi connectivity index (χ0v) is 14.3. The first-order valence-corrected chi connectivity index (χ1v) is 9.66. The van der Waals surface area contributed by atoms with Crippen LogP contribution in [0.4, 0.5) is 0 Å².